The summed E-state index contributed by atoms with van der Waals surface area (Å²) in [5.41, 5.74) is 2.71. The normalized spacial score (nSPS) is 14.4. The maximum Gasteiger partial charge on any atom is 0.408 e. The Morgan fingerprint density at radius 1 is 1.29 bits per heavy atom. The van der Waals surface area contributed by atoms with Gasteiger partial charge in [-0.15, -0.1) is 0 Å². The van der Waals surface area contributed by atoms with Gasteiger partial charge in [0.25, 0.3) is 5.91 Å². The van der Waals surface area contributed by atoms with Crippen LogP contribution in [0, 0.1) is 5.95 Å². The lowest BCUT2D eigenvalue weighted by molar-refractivity contribution is -0.164. The molecule has 1 aliphatic heterocycles. The second-order valence-corrected chi connectivity index (χ2v) is 5.61. The molecule has 1 aromatic carbocycles. The van der Waals surface area contributed by atoms with Crippen molar-refractivity contribution in [1.82, 2.24) is 20.4 Å². The van der Waals surface area contributed by atoms with Crippen LogP contribution in [0.2, 0.25) is 0 Å². The highest BCUT2D eigenvalue weighted by molar-refractivity contribution is 6.02. The first kappa shape index (κ1) is 19.3. The molecule has 0 spiro atoms. The van der Waals surface area contributed by atoms with Gasteiger partial charge in [0.05, 0.1) is 0 Å². The number of hydrazine groups is 1. The van der Waals surface area contributed by atoms with E-state index in [2.05, 4.69) is 25.7 Å². The number of benzene rings is 1. The summed E-state index contributed by atoms with van der Waals surface area (Å²) in [5.74, 6) is -1.14. The maximum absolute atomic E-state index is 13.5. The lowest BCUT2D eigenvalue weighted by Gasteiger charge is -2.29. The van der Waals surface area contributed by atoms with Crippen LogP contribution in [0.15, 0.2) is 35.3 Å². The number of hydrogen-bond donors (Lipinski definition) is 2. The molecule has 0 saturated heterocycles. The molecule has 2 aromatic rings. The van der Waals surface area contributed by atoms with Crippen molar-refractivity contribution >= 4 is 17.6 Å². The molecule has 12 heteroatoms. The van der Waals surface area contributed by atoms with Gasteiger partial charge in [-0.3, -0.25) is 15.2 Å². The van der Waals surface area contributed by atoms with Crippen LogP contribution in [0.5, 0.6) is 11.8 Å². The lowest BCUT2D eigenvalue weighted by atomic mass is 10.2. The van der Waals surface area contributed by atoms with E-state index in [1.54, 1.807) is 19.2 Å². The van der Waals surface area contributed by atoms with Gasteiger partial charge in [-0.2, -0.15) is 27.5 Å². The van der Waals surface area contributed by atoms with Crippen LogP contribution < -0.4 is 15.5 Å². The van der Waals surface area contributed by atoms with Gasteiger partial charge in [0.1, 0.15) is 30.5 Å². The minimum absolute atomic E-state index is 0.0605. The molecule has 0 fully saturated rings. The molecular weight excluding hydrogens is 384 g/mol. The Bertz CT molecular complexity index is 918. The van der Waals surface area contributed by atoms with Crippen molar-refractivity contribution in [2.45, 2.75) is 6.18 Å². The average Bonchev–Trinajstić information content (AvgIpc) is 2.62. The van der Waals surface area contributed by atoms with E-state index in [0.717, 1.165) is 6.07 Å². The third-order valence-corrected chi connectivity index (χ3v) is 3.50. The summed E-state index contributed by atoms with van der Waals surface area (Å²) in [5, 5.41) is 3.10. The lowest BCUT2D eigenvalue weighted by Crippen LogP contribution is -2.54. The molecule has 0 unspecified atom stereocenters. The van der Waals surface area contributed by atoms with Crippen molar-refractivity contribution < 1.29 is 27.1 Å². The number of aromatic nitrogens is 2. The summed E-state index contributed by atoms with van der Waals surface area (Å²) in [4.78, 5) is 23.0. The van der Waals surface area contributed by atoms with Crippen LogP contribution in [0.3, 0.4) is 0 Å². The molecule has 0 saturated carbocycles. The number of hydrogen-bond acceptors (Lipinski definition) is 7. The molecule has 0 bridgehead atoms. The van der Waals surface area contributed by atoms with Crippen LogP contribution >= 0.6 is 0 Å². The number of amidine groups is 1. The number of rotatable bonds is 5. The third kappa shape index (κ3) is 4.84. The van der Waals surface area contributed by atoms with Crippen LogP contribution in [-0.2, 0) is 4.79 Å². The van der Waals surface area contributed by atoms with E-state index in [1.807, 2.05) is 0 Å². The topological polar surface area (TPSA) is 91.7 Å². The molecular formula is C16H14F4N6O2. The number of carbonyl (C=O) groups excluding carboxylic acids is 1. The molecule has 148 valence electrons. The van der Waals surface area contributed by atoms with E-state index < -0.39 is 31.1 Å². The average molecular weight is 398 g/mol. The number of carbonyl (C=O) groups is 1. The minimum atomic E-state index is -4.56. The Morgan fingerprint density at radius 3 is 2.79 bits per heavy atom. The number of nitrogens with zero attached hydrogens (tertiary/aromatic N) is 4. The quantitative estimate of drug-likeness (QED) is 0.592. The monoisotopic (exact) mass is 398 g/mol. The Balaban J connectivity index is 1.80. The molecule has 1 aromatic heterocycles. The molecule has 0 atom stereocenters. The van der Waals surface area contributed by atoms with Gasteiger partial charge < -0.3 is 10.1 Å². The Kier molecular flexibility index (Phi) is 5.29. The smallest absolute Gasteiger partial charge is 0.408 e. The maximum atomic E-state index is 13.5. The van der Waals surface area contributed by atoms with Crippen molar-refractivity contribution in [3.05, 3.63) is 41.8 Å². The van der Waals surface area contributed by atoms with E-state index in [0.29, 0.717) is 10.6 Å². The highest BCUT2D eigenvalue weighted by Crippen LogP contribution is 2.22. The van der Waals surface area contributed by atoms with Crippen LogP contribution in [0.25, 0.3) is 0 Å². The minimum Gasteiger partial charge on any atom is -0.424 e. The van der Waals surface area contributed by atoms with Crippen molar-refractivity contribution in [3.8, 4) is 11.8 Å². The van der Waals surface area contributed by atoms with Crippen molar-refractivity contribution in [2.75, 3.05) is 25.5 Å². The first-order chi connectivity index (χ1) is 13.2. The molecule has 1 aliphatic rings. The van der Waals surface area contributed by atoms with E-state index in [1.165, 1.54) is 12.1 Å². The zero-order valence-electron chi connectivity index (χ0n) is 14.4. The predicted octanol–water partition coefficient (Wildman–Crippen LogP) is 2.11. The first-order valence-corrected chi connectivity index (χ1v) is 7.92. The molecule has 2 N–H and O–H groups in total. The van der Waals surface area contributed by atoms with Crippen molar-refractivity contribution in [3.63, 3.8) is 0 Å². The number of alkyl halides is 3. The summed E-state index contributed by atoms with van der Waals surface area (Å²) in [7, 11) is 1.55. The number of nitrogens with one attached hydrogen (secondary N) is 2. The number of amides is 1. The highest BCUT2D eigenvalue weighted by Gasteiger charge is 2.35. The van der Waals surface area contributed by atoms with Gasteiger partial charge in [0.2, 0.25) is 5.95 Å². The van der Waals surface area contributed by atoms with Gasteiger partial charge in [-0.25, -0.2) is 5.01 Å². The molecule has 2 heterocycles. The number of anilines is 1. The van der Waals surface area contributed by atoms with E-state index in [9.17, 15) is 22.4 Å². The number of halogens is 4. The fourth-order valence-corrected chi connectivity index (χ4v) is 2.30. The largest absolute Gasteiger partial charge is 0.424 e. The van der Waals surface area contributed by atoms with Gasteiger partial charge in [0, 0.05) is 18.7 Å². The zero-order chi connectivity index (χ0) is 20.3. The van der Waals surface area contributed by atoms with Crippen molar-refractivity contribution in [1.29, 1.82) is 0 Å². The van der Waals surface area contributed by atoms with E-state index >= 15 is 0 Å². The fraction of sp³-hybridized carbons (Fsp3) is 0.250. The van der Waals surface area contributed by atoms with E-state index in [4.69, 9.17) is 4.74 Å². The van der Waals surface area contributed by atoms with Crippen LogP contribution in [0.4, 0.5) is 23.4 Å². The molecule has 8 nitrogen and oxygen atoms in total. The third-order valence-electron chi connectivity index (χ3n) is 3.50. The van der Waals surface area contributed by atoms with E-state index in [-0.39, 0.29) is 23.4 Å². The van der Waals surface area contributed by atoms with Gasteiger partial charge in [0.15, 0.2) is 0 Å². The predicted molar refractivity (Wildman–Crippen MR) is 90.4 cm³/mol. The summed E-state index contributed by atoms with van der Waals surface area (Å²) in [6.45, 7) is -1.88. The standard InChI is InChI=1S/C16H14F4N6O2/c1-21-12-6-11(17)23-15(24-12)28-10-4-2-3-9(5-10)14-22-7-13(27)26(25-14)8-16(18,19)20/h2-6H,7-8H2,1H3,(H,22,25)(H,21,23,24). The zero-order valence-corrected chi connectivity index (χ0v) is 14.4. The Morgan fingerprint density at radius 2 is 2.07 bits per heavy atom. The van der Waals surface area contributed by atoms with Crippen LogP contribution in [-0.4, -0.2) is 53.0 Å². The summed E-state index contributed by atoms with van der Waals surface area (Å²) in [6, 6.07) is 6.91. The molecule has 0 aliphatic carbocycles. The first-order valence-electron chi connectivity index (χ1n) is 7.92. The Hall–Kier alpha value is -3.44. The Labute approximate surface area is 156 Å². The second kappa shape index (κ2) is 7.66. The SMILES string of the molecule is CNc1cc(F)nc(Oc2cccc(C3=NCC(=O)N(CC(F)(F)F)N3)c2)n1. The number of aliphatic imine (C=N–C) groups is 1. The van der Waals surface area contributed by atoms with Crippen LogP contribution in [0.1, 0.15) is 5.56 Å². The molecule has 1 amide bonds. The van der Waals surface area contributed by atoms with Crippen molar-refractivity contribution in [2.24, 2.45) is 4.99 Å². The highest BCUT2D eigenvalue weighted by atomic mass is 19.4. The fourth-order valence-electron chi connectivity index (χ4n) is 2.30. The molecule has 28 heavy (non-hydrogen) atoms. The van der Waals surface area contributed by atoms with Gasteiger partial charge in [-0.05, 0) is 12.1 Å². The van der Waals surface area contributed by atoms with Gasteiger partial charge in [-0.1, -0.05) is 12.1 Å². The molecule has 0 radical (unpaired) electrons. The molecule has 3 rings (SSSR count). The summed E-state index contributed by atoms with van der Waals surface area (Å²) < 4.78 is 56.7. The summed E-state index contributed by atoms with van der Waals surface area (Å²) >= 11 is 0. The second-order valence-electron chi connectivity index (χ2n) is 5.61. The number of ether oxygens (including phenoxy) is 1. The van der Waals surface area contributed by atoms with Gasteiger partial charge >= 0.3 is 12.2 Å². The summed E-state index contributed by atoms with van der Waals surface area (Å²) in [6.07, 6.45) is -4.56.